The second-order valence-electron chi connectivity index (χ2n) is 11.3. The number of nitrogens with one attached hydrogen (secondary N) is 3. The molecular formula is C32H44N6O6. The number of primary amides is 1. The van der Waals surface area contributed by atoms with Gasteiger partial charge in [-0.2, -0.15) is 0 Å². The predicted molar refractivity (Wildman–Crippen MR) is 165 cm³/mol. The summed E-state index contributed by atoms with van der Waals surface area (Å²) >= 11 is 0. The molecular weight excluding hydrogens is 564 g/mol. The third-order valence-corrected chi connectivity index (χ3v) is 7.32. The Morgan fingerprint density at radius 1 is 0.932 bits per heavy atom. The zero-order valence-electron chi connectivity index (χ0n) is 26.0. The average molecular weight is 609 g/mol. The Balaban J connectivity index is 2.07. The van der Waals surface area contributed by atoms with Gasteiger partial charge in [0.2, 0.25) is 29.4 Å². The van der Waals surface area contributed by atoms with Crippen molar-refractivity contribution in [2.24, 2.45) is 17.6 Å². The number of hydrogen-bond donors (Lipinski definition) is 4. The fourth-order valence-electron chi connectivity index (χ4n) is 4.54. The number of carbonyl (C=O) groups is 6. The van der Waals surface area contributed by atoms with E-state index in [1.54, 1.807) is 55.7 Å². The third-order valence-electron chi connectivity index (χ3n) is 7.32. The minimum atomic E-state index is -1.19. The molecule has 3 unspecified atom stereocenters. The molecule has 1 aromatic carbocycles. The highest BCUT2D eigenvalue weighted by Gasteiger charge is 2.34. The van der Waals surface area contributed by atoms with Gasteiger partial charge in [0.15, 0.2) is 0 Å². The molecule has 5 amide bonds. The lowest BCUT2D eigenvalue weighted by atomic mass is 9.93. The summed E-state index contributed by atoms with van der Waals surface area (Å²) in [7, 11) is 1.40. The van der Waals surface area contributed by atoms with Crippen molar-refractivity contribution in [3.8, 4) is 0 Å². The minimum absolute atomic E-state index is 0.0241. The van der Waals surface area contributed by atoms with Crippen LogP contribution in [0.2, 0.25) is 0 Å². The van der Waals surface area contributed by atoms with E-state index in [9.17, 15) is 28.8 Å². The number of nitrogens with zero attached hydrogens (tertiary/aromatic N) is 2. The van der Waals surface area contributed by atoms with Crippen LogP contribution in [0.1, 0.15) is 51.7 Å². The van der Waals surface area contributed by atoms with Gasteiger partial charge in [0.25, 0.3) is 5.91 Å². The van der Waals surface area contributed by atoms with Crippen molar-refractivity contribution in [1.29, 1.82) is 0 Å². The number of hydrogen-bond acceptors (Lipinski definition) is 7. The van der Waals surface area contributed by atoms with Crippen LogP contribution in [0.4, 0.5) is 0 Å². The normalized spacial score (nSPS) is 13.6. The van der Waals surface area contributed by atoms with E-state index >= 15 is 0 Å². The Bertz CT molecular complexity index is 1290. The number of Topliss-reactive ketones (excluding diaryl/α,β-unsaturated/α-hetero) is 1. The molecule has 0 aliphatic rings. The van der Waals surface area contributed by atoms with Gasteiger partial charge < -0.3 is 26.6 Å². The molecule has 5 N–H and O–H groups in total. The van der Waals surface area contributed by atoms with Crippen LogP contribution >= 0.6 is 0 Å². The summed E-state index contributed by atoms with van der Waals surface area (Å²) in [5.74, 6) is -4.68. The van der Waals surface area contributed by atoms with Gasteiger partial charge in [-0.3, -0.25) is 33.8 Å². The molecule has 1 aromatic heterocycles. The van der Waals surface area contributed by atoms with Crippen molar-refractivity contribution in [2.45, 2.75) is 71.5 Å². The summed E-state index contributed by atoms with van der Waals surface area (Å²) in [6, 6.07) is 9.39. The van der Waals surface area contributed by atoms with E-state index in [-0.39, 0.29) is 24.7 Å². The van der Waals surface area contributed by atoms with Crippen LogP contribution in [0.15, 0.2) is 54.9 Å². The van der Waals surface area contributed by atoms with Crippen LogP contribution in [0, 0.1) is 11.8 Å². The molecule has 1 heterocycles. The molecule has 0 aliphatic carbocycles. The summed E-state index contributed by atoms with van der Waals surface area (Å²) in [6.45, 7) is 6.77. The first kappa shape index (κ1) is 35.6. The summed E-state index contributed by atoms with van der Waals surface area (Å²) in [5, 5.41) is 7.71. The minimum Gasteiger partial charge on any atom is -0.368 e. The van der Waals surface area contributed by atoms with Crippen molar-refractivity contribution >= 4 is 35.3 Å². The standard InChI is InChI=1S/C32H44N6O6/c1-6-21(4)28(37-31(43)24(15-20(2)3)36-26(39)17-23-13-10-14-34-18-23)29(41)32(44)35-19-27(40)38(5)25(30(33)42)16-22-11-8-7-9-12-22/h7-14,18,20-21,24-25,28H,6,15-17,19H2,1-5H3,(H2,33,42)(H,35,44)(H,36,39)(H,37,43)/t21-,24?,25?,28?/m0/s1. The first-order valence-corrected chi connectivity index (χ1v) is 14.7. The quantitative estimate of drug-likeness (QED) is 0.193. The molecule has 0 fully saturated rings. The maximum absolute atomic E-state index is 13.3. The zero-order chi connectivity index (χ0) is 32.8. The van der Waals surface area contributed by atoms with E-state index in [1.807, 2.05) is 26.8 Å². The molecule has 0 saturated heterocycles. The molecule has 4 atom stereocenters. The Morgan fingerprint density at radius 2 is 1.59 bits per heavy atom. The lowest BCUT2D eigenvalue weighted by Crippen LogP contribution is -2.57. The van der Waals surface area contributed by atoms with Gasteiger partial charge in [-0.05, 0) is 35.4 Å². The number of benzene rings is 1. The van der Waals surface area contributed by atoms with Gasteiger partial charge in [-0.1, -0.05) is 70.5 Å². The Kier molecular flexibility index (Phi) is 14.1. The Hall–Kier alpha value is -4.61. The molecule has 0 aliphatic heterocycles. The van der Waals surface area contributed by atoms with Crippen LogP contribution < -0.4 is 21.7 Å². The zero-order valence-corrected chi connectivity index (χ0v) is 26.0. The van der Waals surface area contributed by atoms with E-state index in [0.717, 1.165) is 10.5 Å². The Morgan fingerprint density at radius 3 is 2.16 bits per heavy atom. The van der Waals surface area contributed by atoms with E-state index in [0.29, 0.717) is 18.4 Å². The molecule has 0 saturated carbocycles. The largest absolute Gasteiger partial charge is 0.368 e. The van der Waals surface area contributed by atoms with Crippen LogP contribution in [0.25, 0.3) is 0 Å². The summed E-state index contributed by atoms with van der Waals surface area (Å²) < 4.78 is 0. The lowest BCUT2D eigenvalue weighted by Gasteiger charge is -2.27. The van der Waals surface area contributed by atoms with Crippen LogP contribution in [0.5, 0.6) is 0 Å². The topological polar surface area (TPSA) is 181 Å². The molecule has 12 nitrogen and oxygen atoms in total. The van der Waals surface area contributed by atoms with Gasteiger partial charge in [-0.15, -0.1) is 0 Å². The number of ketones is 1. The van der Waals surface area contributed by atoms with Crippen LogP contribution in [-0.2, 0) is 41.6 Å². The number of pyridine rings is 1. The maximum atomic E-state index is 13.3. The maximum Gasteiger partial charge on any atom is 0.290 e. The second kappa shape index (κ2) is 17.5. The lowest BCUT2D eigenvalue weighted by molar-refractivity contribution is -0.143. The molecule has 238 valence electrons. The van der Waals surface area contributed by atoms with Gasteiger partial charge in [0.05, 0.1) is 19.0 Å². The first-order valence-electron chi connectivity index (χ1n) is 14.7. The summed E-state index contributed by atoms with van der Waals surface area (Å²) in [5.41, 5.74) is 7.02. The number of carbonyl (C=O) groups excluding carboxylic acids is 6. The number of amides is 5. The molecule has 12 heteroatoms. The van der Waals surface area contributed by atoms with Crippen molar-refractivity contribution in [1.82, 2.24) is 25.8 Å². The van der Waals surface area contributed by atoms with Gasteiger partial charge in [0.1, 0.15) is 12.1 Å². The van der Waals surface area contributed by atoms with Gasteiger partial charge in [-0.25, -0.2) is 0 Å². The van der Waals surface area contributed by atoms with Crippen molar-refractivity contribution in [3.63, 3.8) is 0 Å². The molecule has 0 spiro atoms. The number of nitrogens with two attached hydrogens (primary N) is 1. The fourth-order valence-corrected chi connectivity index (χ4v) is 4.54. The van der Waals surface area contributed by atoms with Gasteiger partial charge in [0, 0.05) is 25.9 Å². The Labute approximate surface area is 258 Å². The highest BCUT2D eigenvalue weighted by atomic mass is 16.2. The van der Waals surface area contributed by atoms with Crippen molar-refractivity contribution < 1.29 is 28.8 Å². The van der Waals surface area contributed by atoms with E-state index in [4.69, 9.17) is 5.73 Å². The molecule has 0 radical (unpaired) electrons. The molecule has 0 bridgehead atoms. The average Bonchev–Trinajstić information content (AvgIpc) is 3.00. The van der Waals surface area contributed by atoms with Gasteiger partial charge >= 0.3 is 0 Å². The van der Waals surface area contributed by atoms with Crippen molar-refractivity contribution in [2.75, 3.05) is 13.6 Å². The van der Waals surface area contributed by atoms with Crippen molar-refractivity contribution in [3.05, 3.63) is 66.0 Å². The number of aromatic nitrogens is 1. The monoisotopic (exact) mass is 608 g/mol. The molecule has 2 rings (SSSR count). The van der Waals surface area contributed by atoms with E-state index in [1.165, 1.54) is 7.05 Å². The van der Waals surface area contributed by atoms with E-state index in [2.05, 4.69) is 20.9 Å². The fraction of sp³-hybridized carbons (Fsp3) is 0.469. The number of rotatable bonds is 17. The highest BCUT2D eigenvalue weighted by molar-refractivity contribution is 6.38. The highest BCUT2D eigenvalue weighted by Crippen LogP contribution is 2.13. The van der Waals surface area contributed by atoms with Crippen LogP contribution in [-0.4, -0.2) is 76.9 Å². The second-order valence-corrected chi connectivity index (χ2v) is 11.3. The third kappa shape index (κ3) is 11.2. The molecule has 44 heavy (non-hydrogen) atoms. The summed E-state index contributed by atoms with van der Waals surface area (Å²) in [6.07, 6.45) is 4.14. The summed E-state index contributed by atoms with van der Waals surface area (Å²) in [4.78, 5) is 82.2. The number of likely N-dealkylation sites (N-methyl/N-ethyl adjacent to an activating group) is 1. The SMILES string of the molecule is CC[C@H](C)C(NC(=O)C(CC(C)C)NC(=O)Cc1cccnc1)C(=O)C(=O)NCC(=O)N(C)C(Cc1ccccc1)C(N)=O. The smallest absolute Gasteiger partial charge is 0.290 e. The van der Waals surface area contributed by atoms with E-state index < -0.39 is 60.0 Å². The molecule has 2 aromatic rings. The predicted octanol–water partition coefficient (Wildman–Crippen LogP) is 0.926. The van der Waals surface area contributed by atoms with Crippen LogP contribution in [0.3, 0.4) is 0 Å². The first-order chi connectivity index (χ1) is 20.8.